The summed E-state index contributed by atoms with van der Waals surface area (Å²) in [5, 5.41) is 9.70. The van der Waals surface area contributed by atoms with Gasteiger partial charge in [-0.15, -0.1) is 0 Å². The van der Waals surface area contributed by atoms with E-state index in [2.05, 4.69) is 172 Å². The van der Waals surface area contributed by atoms with Crippen molar-refractivity contribution in [3.8, 4) is 0 Å². The van der Waals surface area contributed by atoms with Gasteiger partial charge in [0.1, 0.15) is 13.2 Å². The Morgan fingerprint density at radius 2 is 0.704 bits per heavy atom. The van der Waals surface area contributed by atoms with E-state index in [1.54, 1.807) is 0 Å². The number of ether oxygens (including phenoxy) is 4. The molecule has 2 atom stereocenters. The molecule has 0 aliphatic carbocycles. The van der Waals surface area contributed by atoms with Gasteiger partial charge in [0.15, 0.2) is 6.10 Å². The first kappa shape index (κ1) is 75.9. The van der Waals surface area contributed by atoms with Gasteiger partial charge in [-0.3, -0.25) is 9.59 Å². The van der Waals surface area contributed by atoms with Crippen LogP contribution in [0.5, 0.6) is 0 Å². The van der Waals surface area contributed by atoms with Crippen LogP contribution in [0.2, 0.25) is 0 Å². The molecule has 0 aromatic carbocycles. The molecule has 9 heteroatoms. The number of carboxylic acids is 1. The molecule has 0 aromatic rings. The summed E-state index contributed by atoms with van der Waals surface area (Å²) >= 11 is 0. The van der Waals surface area contributed by atoms with E-state index in [1.807, 2.05) is 21.1 Å². The zero-order chi connectivity index (χ0) is 59.1. The molecule has 1 N–H and O–H groups in total. The van der Waals surface area contributed by atoms with Crippen molar-refractivity contribution >= 4 is 17.9 Å². The number of carbonyl (C=O) groups excluding carboxylic acids is 2. The first-order valence-corrected chi connectivity index (χ1v) is 31.6. The van der Waals surface area contributed by atoms with Gasteiger partial charge in [-0.25, -0.2) is 4.79 Å². The first-order chi connectivity index (χ1) is 39.6. The molecule has 456 valence electrons. The lowest BCUT2D eigenvalue weighted by atomic mass is 10.1. The number of carbonyl (C=O) groups is 3. The third kappa shape index (κ3) is 62.4. The van der Waals surface area contributed by atoms with Crippen molar-refractivity contribution in [3.63, 3.8) is 0 Å². The zero-order valence-corrected chi connectivity index (χ0v) is 51.9. The number of hydrogen-bond donors (Lipinski definition) is 1. The van der Waals surface area contributed by atoms with E-state index in [0.29, 0.717) is 17.4 Å². The molecule has 0 aliphatic rings. The molecule has 0 bridgehead atoms. The Balaban J connectivity index is 4.25. The summed E-state index contributed by atoms with van der Waals surface area (Å²) in [6, 6.07) is 0. The minimum atomic E-state index is -1.53. The van der Waals surface area contributed by atoms with Gasteiger partial charge in [0, 0.05) is 12.8 Å². The minimum absolute atomic E-state index is 0.173. The molecule has 0 aliphatic heterocycles. The second kappa shape index (κ2) is 61.0. The van der Waals surface area contributed by atoms with Crippen LogP contribution in [-0.4, -0.2) is 87.4 Å². The Labute approximate surface area is 495 Å². The molecule has 0 saturated heterocycles. The first-order valence-electron chi connectivity index (χ1n) is 31.6. The van der Waals surface area contributed by atoms with Gasteiger partial charge in [-0.2, -0.15) is 0 Å². The van der Waals surface area contributed by atoms with Crippen LogP contribution in [-0.2, 0) is 33.3 Å². The van der Waals surface area contributed by atoms with Gasteiger partial charge in [-0.1, -0.05) is 236 Å². The Kier molecular flexibility index (Phi) is 57.2. The Bertz CT molecular complexity index is 1880. The predicted octanol–water partition coefficient (Wildman–Crippen LogP) is 19.3. The topological polar surface area (TPSA) is 108 Å². The number of likely N-dealkylation sites (N-methyl/N-ethyl adjacent to an activating group) is 1. The summed E-state index contributed by atoms with van der Waals surface area (Å²) < 4.78 is 22.8. The highest BCUT2D eigenvalue weighted by Gasteiger charge is 2.25. The summed E-state index contributed by atoms with van der Waals surface area (Å²) in [5.74, 6) is -2.07. The fraction of sp³-hybridized carbons (Fsp3) is 0.597. The van der Waals surface area contributed by atoms with Crippen molar-refractivity contribution in [3.05, 3.63) is 158 Å². The monoisotopic (exact) mass is 1120 g/mol. The maximum absolute atomic E-state index is 12.9. The van der Waals surface area contributed by atoms with Crippen molar-refractivity contribution in [2.45, 2.75) is 232 Å². The van der Waals surface area contributed by atoms with Crippen LogP contribution in [0.1, 0.15) is 219 Å². The smallest absolute Gasteiger partial charge is 0.361 e. The molecular formula is C72H116NO8+. The maximum atomic E-state index is 12.9. The van der Waals surface area contributed by atoms with Crippen LogP contribution < -0.4 is 0 Å². The molecule has 81 heavy (non-hydrogen) atoms. The molecule has 0 fully saturated rings. The van der Waals surface area contributed by atoms with Crippen LogP contribution in [0.3, 0.4) is 0 Å². The number of unbranched alkanes of at least 4 members (excludes halogenated alkanes) is 15. The third-order valence-electron chi connectivity index (χ3n) is 12.8. The van der Waals surface area contributed by atoms with E-state index >= 15 is 0 Å². The van der Waals surface area contributed by atoms with Crippen LogP contribution in [0, 0.1) is 0 Å². The van der Waals surface area contributed by atoms with Crippen molar-refractivity contribution in [1.29, 1.82) is 0 Å². The van der Waals surface area contributed by atoms with Crippen LogP contribution in [0.15, 0.2) is 158 Å². The fourth-order valence-corrected chi connectivity index (χ4v) is 7.93. The standard InChI is InChI=1S/C72H115NO8/c1-6-8-10-12-14-16-18-20-22-23-24-25-26-27-28-29-30-31-32-33-34-35-36-37-38-39-40-41-42-43-44-45-46-47-49-51-53-55-57-59-61-63-70(75)81-68(67-80-72(71(76)77)78-65-64-73(3,4)5)66-79-69(74)62-60-58-56-54-52-50-48-21-19-17-15-13-11-9-7-2/h8,10,14,16,20-22,24-25,27-28,30-31,33-34,36-37,39-40,42-43,45-46,48-49,51,68,72H,6-7,9,11-13,15,17-19,23,26,29,32,35,38,41,44,47,50,52-67H2,1-5H3/p+1/b10-8-,16-14-,22-20-,25-24-,28-27-,31-30-,34-33-,37-36-,40-39-,43-42-,46-45-,48-21-,51-49-. The average Bonchev–Trinajstić information content (AvgIpc) is 3.44. The Morgan fingerprint density at radius 3 is 1.06 bits per heavy atom. The minimum Gasteiger partial charge on any atom is -0.477 e. The van der Waals surface area contributed by atoms with E-state index in [0.717, 1.165) is 141 Å². The molecule has 0 rings (SSSR count). The number of aliphatic carboxylic acids is 1. The number of rotatable bonds is 56. The van der Waals surface area contributed by atoms with Crippen LogP contribution >= 0.6 is 0 Å². The Hall–Kier alpha value is -5.09. The number of quaternary nitrogens is 1. The van der Waals surface area contributed by atoms with E-state index in [4.69, 9.17) is 18.9 Å². The van der Waals surface area contributed by atoms with Gasteiger partial charge in [0.2, 0.25) is 0 Å². The molecular weight excluding hydrogens is 1010 g/mol. The molecule has 0 aromatic heterocycles. The maximum Gasteiger partial charge on any atom is 0.361 e. The SMILES string of the molecule is CC/C=C\C/C=C\C/C=C\C/C=C\C/C=C\C/C=C\C/C=C\C/C=C\C/C=C\C/C=C\C/C=C\C/C=C\CCCCCCC(=O)OC(COC(=O)CCCCCCC/C=C\CCCCCCCC)COC(OCC[N+](C)(C)C)C(=O)O. The van der Waals surface area contributed by atoms with E-state index < -0.39 is 24.3 Å². The van der Waals surface area contributed by atoms with E-state index in [9.17, 15) is 19.5 Å². The van der Waals surface area contributed by atoms with E-state index in [-0.39, 0.29) is 38.6 Å². The highest BCUT2D eigenvalue weighted by molar-refractivity contribution is 5.71. The fourth-order valence-electron chi connectivity index (χ4n) is 7.93. The van der Waals surface area contributed by atoms with E-state index in [1.165, 1.54) is 44.9 Å². The lowest BCUT2D eigenvalue weighted by Crippen LogP contribution is -2.40. The summed E-state index contributed by atoms with van der Waals surface area (Å²) in [4.78, 5) is 37.4. The van der Waals surface area contributed by atoms with Crippen molar-refractivity contribution < 1.29 is 42.9 Å². The third-order valence-corrected chi connectivity index (χ3v) is 12.8. The number of nitrogens with zero attached hydrogens (tertiary/aromatic N) is 1. The highest BCUT2D eigenvalue weighted by Crippen LogP contribution is 2.13. The van der Waals surface area contributed by atoms with Gasteiger partial charge < -0.3 is 28.5 Å². The van der Waals surface area contributed by atoms with Gasteiger partial charge >= 0.3 is 17.9 Å². The summed E-state index contributed by atoms with van der Waals surface area (Å²) in [6.07, 6.45) is 87.7. The lowest BCUT2D eigenvalue weighted by molar-refractivity contribution is -0.870. The molecule has 0 saturated carbocycles. The number of allylic oxidation sites excluding steroid dienone is 26. The number of hydrogen-bond acceptors (Lipinski definition) is 7. The second-order valence-electron chi connectivity index (χ2n) is 21.6. The van der Waals surface area contributed by atoms with Gasteiger partial charge in [0.05, 0.1) is 34.4 Å². The summed E-state index contributed by atoms with van der Waals surface area (Å²) in [7, 11) is 5.94. The molecule has 0 heterocycles. The van der Waals surface area contributed by atoms with Crippen molar-refractivity contribution in [2.24, 2.45) is 0 Å². The molecule has 2 unspecified atom stereocenters. The lowest BCUT2D eigenvalue weighted by Gasteiger charge is -2.25. The summed E-state index contributed by atoms with van der Waals surface area (Å²) in [5.41, 5.74) is 0. The molecule has 9 nitrogen and oxygen atoms in total. The van der Waals surface area contributed by atoms with Crippen LogP contribution in [0.25, 0.3) is 0 Å². The summed E-state index contributed by atoms with van der Waals surface area (Å²) in [6.45, 7) is 4.69. The zero-order valence-electron chi connectivity index (χ0n) is 51.9. The Morgan fingerprint density at radius 1 is 0.383 bits per heavy atom. The van der Waals surface area contributed by atoms with Gasteiger partial charge in [0.25, 0.3) is 6.29 Å². The highest BCUT2D eigenvalue weighted by atomic mass is 16.7. The molecule has 0 radical (unpaired) electrons. The second-order valence-corrected chi connectivity index (χ2v) is 21.6. The van der Waals surface area contributed by atoms with Crippen molar-refractivity contribution in [1.82, 2.24) is 0 Å². The van der Waals surface area contributed by atoms with Gasteiger partial charge in [-0.05, 0) is 128 Å². The number of carboxylic acid groups (broad SMARTS) is 1. The van der Waals surface area contributed by atoms with Crippen LogP contribution in [0.4, 0.5) is 0 Å². The number of esters is 2. The molecule has 0 amide bonds. The normalized spacial score (nSPS) is 13.8. The van der Waals surface area contributed by atoms with Crippen molar-refractivity contribution in [2.75, 3.05) is 47.5 Å². The molecule has 0 spiro atoms. The average molecular weight is 1120 g/mol. The predicted molar refractivity (Wildman–Crippen MR) is 345 cm³/mol. The largest absolute Gasteiger partial charge is 0.477 e. The quantitative estimate of drug-likeness (QED) is 0.0211.